The van der Waals surface area contributed by atoms with Crippen molar-refractivity contribution < 1.29 is 14.3 Å². The molecule has 0 heterocycles. The number of methoxy groups -OCH3 is 1. The van der Waals surface area contributed by atoms with Gasteiger partial charge < -0.3 is 4.74 Å². The van der Waals surface area contributed by atoms with Crippen LogP contribution in [0.5, 0.6) is 0 Å². The summed E-state index contributed by atoms with van der Waals surface area (Å²) < 4.78 is 4.66. The Balaban J connectivity index is 2.91. The van der Waals surface area contributed by atoms with Gasteiger partial charge in [0, 0.05) is 11.0 Å². The number of rotatable bonds is 4. The average Bonchev–Trinajstić information content (AvgIpc) is 2.28. The van der Waals surface area contributed by atoms with Crippen molar-refractivity contribution in [1.82, 2.24) is 0 Å². The van der Waals surface area contributed by atoms with Gasteiger partial charge in [0.05, 0.1) is 13.5 Å². The fourth-order valence-corrected chi connectivity index (χ4v) is 1.71. The van der Waals surface area contributed by atoms with Gasteiger partial charge in [0.1, 0.15) is 0 Å². The van der Waals surface area contributed by atoms with Crippen LogP contribution in [0.25, 0.3) is 0 Å². The number of hydrogen-bond donors (Lipinski definition) is 0. The summed E-state index contributed by atoms with van der Waals surface area (Å²) in [6.45, 7) is 3.89. The van der Waals surface area contributed by atoms with E-state index >= 15 is 0 Å². The minimum Gasteiger partial charge on any atom is -0.469 e. The third-order valence-corrected chi connectivity index (χ3v) is 2.93. The molecular weight excluding hydrogens is 240 g/mol. The highest BCUT2D eigenvalue weighted by Gasteiger charge is 2.24. The first-order chi connectivity index (χ1) is 7.86. The predicted molar refractivity (Wildman–Crippen MR) is 66.3 cm³/mol. The molecule has 0 radical (unpaired) electrons. The van der Waals surface area contributed by atoms with E-state index in [9.17, 15) is 9.59 Å². The van der Waals surface area contributed by atoms with E-state index in [0.29, 0.717) is 5.56 Å². The average molecular weight is 255 g/mol. The Hall–Kier alpha value is -1.35. The van der Waals surface area contributed by atoms with Crippen LogP contribution >= 0.6 is 11.6 Å². The molecule has 1 aromatic rings. The summed E-state index contributed by atoms with van der Waals surface area (Å²) in [5.41, 5.74) is 1.08. The van der Waals surface area contributed by atoms with E-state index < -0.39 is 5.24 Å². The summed E-state index contributed by atoms with van der Waals surface area (Å²) in [7, 11) is 1.37. The fraction of sp³-hybridized carbons (Fsp3) is 0.385. The first-order valence-electron chi connectivity index (χ1n) is 5.24. The number of carbonyl (C=O) groups excluding carboxylic acids is 2. The lowest BCUT2D eigenvalue weighted by molar-refractivity contribution is -0.141. The lowest BCUT2D eigenvalue weighted by atomic mass is 9.81. The molecular formula is C13H15ClO3. The number of esters is 1. The molecule has 17 heavy (non-hydrogen) atoms. The molecule has 0 aliphatic heterocycles. The zero-order valence-corrected chi connectivity index (χ0v) is 10.9. The van der Waals surface area contributed by atoms with Crippen molar-refractivity contribution in [3.05, 3.63) is 35.4 Å². The molecule has 0 saturated carbocycles. The summed E-state index contributed by atoms with van der Waals surface area (Å²) in [6.07, 6.45) is 0.289. The topological polar surface area (TPSA) is 43.4 Å². The SMILES string of the molecule is COC(=O)CC(C)(C)c1ccc(C(=O)Cl)cc1. The van der Waals surface area contributed by atoms with Crippen molar-refractivity contribution in [2.75, 3.05) is 7.11 Å². The quantitative estimate of drug-likeness (QED) is 0.613. The second kappa shape index (κ2) is 5.32. The van der Waals surface area contributed by atoms with Crippen LogP contribution in [0.2, 0.25) is 0 Å². The molecule has 0 atom stereocenters. The molecule has 4 heteroatoms. The van der Waals surface area contributed by atoms with Gasteiger partial charge in [-0.05, 0) is 29.3 Å². The number of hydrogen-bond acceptors (Lipinski definition) is 3. The Kier molecular flexibility index (Phi) is 4.29. The number of halogens is 1. The Labute approximate surface area is 106 Å². The number of ether oxygens (including phenoxy) is 1. The second-order valence-electron chi connectivity index (χ2n) is 4.49. The van der Waals surface area contributed by atoms with Crippen molar-refractivity contribution in [3.8, 4) is 0 Å². The summed E-state index contributed by atoms with van der Waals surface area (Å²) in [5.74, 6) is -0.257. The summed E-state index contributed by atoms with van der Waals surface area (Å²) in [4.78, 5) is 22.2. The van der Waals surface area contributed by atoms with E-state index in [1.165, 1.54) is 7.11 Å². The van der Waals surface area contributed by atoms with Crippen molar-refractivity contribution >= 4 is 22.8 Å². The predicted octanol–water partition coefficient (Wildman–Crippen LogP) is 2.91. The van der Waals surface area contributed by atoms with Crippen LogP contribution in [-0.2, 0) is 14.9 Å². The maximum absolute atomic E-state index is 11.3. The zero-order chi connectivity index (χ0) is 13.1. The summed E-state index contributed by atoms with van der Waals surface area (Å²) in [6, 6.07) is 6.92. The van der Waals surface area contributed by atoms with E-state index in [4.69, 9.17) is 11.6 Å². The summed E-state index contributed by atoms with van der Waals surface area (Å²) >= 11 is 5.36. The van der Waals surface area contributed by atoms with Crippen molar-refractivity contribution in [1.29, 1.82) is 0 Å². The van der Waals surface area contributed by atoms with E-state index in [2.05, 4.69) is 4.74 Å². The van der Waals surface area contributed by atoms with Gasteiger partial charge in [-0.25, -0.2) is 0 Å². The largest absolute Gasteiger partial charge is 0.469 e. The monoisotopic (exact) mass is 254 g/mol. The molecule has 92 valence electrons. The number of benzene rings is 1. The first kappa shape index (κ1) is 13.7. The standard InChI is InChI=1S/C13H15ClO3/c1-13(2,8-11(15)17-3)10-6-4-9(5-7-10)12(14)16/h4-7H,8H2,1-3H3. The smallest absolute Gasteiger partial charge is 0.306 e. The molecule has 0 aliphatic rings. The van der Waals surface area contributed by atoms with Crippen molar-refractivity contribution in [2.24, 2.45) is 0 Å². The molecule has 1 aromatic carbocycles. The van der Waals surface area contributed by atoms with E-state index in [-0.39, 0.29) is 17.8 Å². The Morgan fingerprint density at radius 3 is 2.18 bits per heavy atom. The minimum absolute atomic E-state index is 0.257. The van der Waals surface area contributed by atoms with Gasteiger partial charge in [0.2, 0.25) is 0 Å². The highest BCUT2D eigenvalue weighted by Crippen LogP contribution is 2.27. The Morgan fingerprint density at radius 2 is 1.76 bits per heavy atom. The molecule has 0 amide bonds. The van der Waals surface area contributed by atoms with Gasteiger partial charge in [-0.3, -0.25) is 9.59 Å². The zero-order valence-electron chi connectivity index (χ0n) is 10.1. The Morgan fingerprint density at radius 1 is 1.24 bits per heavy atom. The third-order valence-electron chi connectivity index (χ3n) is 2.71. The van der Waals surface area contributed by atoms with E-state index in [0.717, 1.165) is 5.56 Å². The van der Waals surface area contributed by atoms with Gasteiger partial charge in [0.15, 0.2) is 0 Å². The van der Waals surface area contributed by atoms with Gasteiger partial charge in [-0.2, -0.15) is 0 Å². The maximum atomic E-state index is 11.3. The third kappa shape index (κ3) is 3.56. The van der Waals surface area contributed by atoms with Crippen LogP contribution in [0.3, 0.4) is 0 Å². The highest BCUT2D eigenvalue weighted by atomic mass is 35.5. The first-order valence-corrected chi connectivity index (χ1v) is 5.62. The lowest BCUT2D eigenvalue weighted by Gasteiger charge is -2.23. The van der Waals surface area contributed by atoms with Crippen LogP contribution < -0.4 is 0 Å². The molecule has 0 fully saturated rings. The Bertz CT molecular complexity index is 421. The van der Waals surface area contributed by atoms with E-state index in [1.54, 1.807) is 24.3 Å². The van der Waals surface area contributed by atoms with E-state index in [1.807, 2.05) is 13.8 Å². The number of carbonyl (C=O) groups is 2. The molecule has 0 aromatic heterocycles. The molecule has 0 aliphatic carbocycles. The van der Waals surface area contributed by atoms with Gasteiger partial charge >= 0.3 is 5.97 Å². The minimum atomic E-state index is -0.484. The van der Waals surface area contributed by atoms with Gasteiger partial charge in [-0.1, -0.05) is 26.0 Å². The van der Waals surface area contributed by atoms with Crippen LogP contribution in [0.1, 0.15) is 36.2 Å². The fourth-order valence-electron chi connectivity index (χ4n) is 1.59. The highest BCUT2D eigenvalue weighted by molar-refractivity contribution is 6.67. The van der Waals surface area contributed by atoms with Crippen LogP contribution in [-0.4, -0.2) is 18.3 Å². The summed E-state index contributed by atoms with van der Waals surface area (Å²) in [5, 5.41) is -0.484. The molecule has 0 N–H and O–H groups in total. The molecule has 0 bridgehead atoms. The van der Waals surface area contributed by atoms with Gasteiger partial charge in [-0.15, -0.1) is 0 Å². The molecule has 3 nitrogen and oxygen atoms in total. The second-order valence-corrected chi connectivity index (χ2v) is 4.83. The molecule has 0 saturated heterocycles. The van der Waals surface area contributed by atoms with Crippen LogP contribution in [0.4, 0.5) is 0 Å². The van der Waals surface area contributed by atoms with Crippen LogP contribution in [0.15, 0.2) is 24.3 Å². The molecule has 0 spiro atoms. The molecule has 1 rings (SSSR count). The normalized spacial score (nSPS) is 11.1. The van der Waals surface area contributed by atoms with Crippen LogP contribution in [0, 0.1) is 0 Å². The molecule has 0 unspecified atom stereocenters. The van der Waals surface area contributed by atoms with Crippen molar-refractivity contribution in [2.45, 2.75) is 25.7 Å². The lowest BCUT2D eigenvalue weighted by Crippen LogP contribution is -2.22. The van der Waals surface area contributed by atoms with Crippen molar-refractivity contribution in [3.63, 3.8) is 0 Å². The van der Waals surface area contributed by atoms with Gasteiger partial charge in [0.25, 0.3) is 5.24 Å². The maximum Gasteiger partial charge on any atom is 0.306 e.